The van der Waals surface area contributed by atoms with E-state index in [0.717, 1.165) is 0 Å². The Hall–Kier alpha value is -1.39. The zero-order valence-corrected chi connectivity index (χ0v) is 6.67. The average molecular weight is 191 g/mol. The Labute approximate surface area is 68.8 Å². The van der Waals surface area contributed by atoms with Crippen LogP contribution in [0, 0.1) is 11.3 Å². The van der Waals surface area contributed by atoms with Crippen LogP contribution in [0.5, 0.6) is 0 Å². The van der Waals surface area contributed by atoms with Crippen LogP contribution in [0.25, 0.3) is 0 Å². The smallest absolute Gasteiger partial charge is 0.349 e. The molecule has 0 aromatic carbocycles. The van der Waals surface area contributed by atoms with Crippen molar-refractivity contribution in [2.75, 3.05) is 5.94 Å². The number of hydrogen-bond acceptors (Lipinski definition) is 5. The maximum absolute atomic E-state index is 10.5. The second kappa shape index (κ2) is 3.85. The quantitative estimate of drug-likeness (QED) is 0.278. The minimum atomic E-state index is -4.35. The van der Waals surface area contributed by atoms with Crippen LogP contribution in [-0.4, -0.2) is 24.9 Å². The van der Waals surface area contributed by atoms with Crippen molar-refractivity contribution in [3.63, 3.8) is 0 Å². The molecule has 0 aliphatic heterocycles. The van der Waals surface area contributed by atoms with Gasteiger partial charge in [-0.15, -0.1) is 0 Å². The van der Waals surface area contributed by atoms with E-state index in [-0.39, 0.29) is 0 Å². The number of rotatable bonds is 3. The van der Waals surface area contributed by atoms with Gasteiger partial charge in [-0.2, -0.15) is 13.7 Å². The Morgan fingerprint density at radius 1 is 1.67 bits per heavy atom. The summed E-state index contributed by atoms with van der Waals surface area (Å²) in [5.74, 6) is -2.35. The molecule has 0 aromatic rings. The second-order valence-corrected chi connectivity index (χ2v) is 3.12. The molecule has 0 aliphatic carbocycles. The third kappa shape index (κ3) is 4.43. The lowest BCUT2D eigenvalue weighted by Crippen LogP contribution is -2.13. The molecule has 0 fully saturated rings. The zero-order chi connectivity index (χ0) is 9.78. The number of hydrogen-bond donors (Lipinski definition) is 1. The van der Waals surface area contributed by atoms with Gasteiger partial charge in [0.1, 0.15) is 11.6 Å². The van der Waals surface area contributed by atoms with E-state index in [0.29, 0.717) is 0 Å². The number of esters is 1. The molecular weight excluding hydrogens is 186 g/mol. The molecule has 0 rings (SSSR count). The minimum Gasteiger partial charge on any atom is -0.443 e. The Bertz CT molecular complexity index is 335. The van der Waals surface area contributed by atoms with Gasteiger partial charge in [-0.3, -0.25) is 4.55 Å². The van der Waals surface area contributed by atoms with Crippen LogP contribution in [0.3, 0.4) is 0 Å². The highest BCUT2D eigenvalue weighted by atomic mass is 32.2. The van der Waals surface area contributed by atoms with Crippen LogP contribution in [0.2, 0.25) is 0 Å². The highest BCUT2D eigenvalue weighted by Gasteiger charge is 2.12. The molecule has 0 unspecified atom stereocenters. The van der Waals surface area contributed by atoms with Crippen molar-refractivity contribution in [1.29, 1.82) is 5.26 Å². The molecule has 0 saturated carbocycles. The first-order valence-electron chi connectivity index (χ1n) is 2.58. The van der Waals surface area contributed by atoms with E-state index >= 15 is 0 Å². The molecule has 12 heavy (non-hydrogen) atoms. The first-order valence-corrected chi connectivity index (χ1v) is 4.19. The maximum atomic E-state index is 10.5. The highest BCUT2D eigenvalue weighted by Crippen LogP contribution is 1.93. The van der Waals surface area contributed by atoms with E-state index < -0.39 is 27.6 Å². The minimum absolute atomic E-state index is 0.529. The summed E-state index contributed by atoms with van der Waals surface area (Å²) in [6.07, 6.45) is 0. The molecule has 1 N–H and O–H groups in total. The fourth-order valence-electron chi connectivity index (χ4n) is 0.261. The van der Waals surface area contributed by atoms with Crippen LogP contribution in [-0.2, 0) is 19.6 Å². The monoisotopic (exact) mass is 191 g/mol. The van der Waals surface area contributed by atoms with Crippen molar-refractivity contribution in [3.8, 4) is 6.07 Å². The summed E-state index contributed by atoms with van der Waals surface area (Å²) in [5.41, 5.74) is -0.529. The molecule has 0 saturated heterocycles. The molecule has 0 bridgehead atoms. The summed E-state index contributed by atoms with van der Waals surface area (Å²) in [7, 11) is -4.35. The third-order valence-corrected chi connectivity index (χ3v) is 1.14. The topological polar surface area (TPSA) is 104 Å². The molecule has 0 aromatic heterocycles. The predicted octanol–water partition coefficient (Wildman–Crippen LogP) is -0.545. The number of ether oxygens (including phenoxy) is 1. The van der Waals surface area contributed by atoms with Crippen molar-refractivity contribution < 1.29 is 22.5 Å². The van der Waals surface area contributed by atoms with E-state index in [2.05, 4.69) is 11.3 Å². The first-order chi connectivity index (χ1) is 5.37. The Morgan fingerprint density at radius 2 is 2.17 bits per heavy atom. The number of carbonyl (C=O) groups excluding carboxylic acids is 1. The largest absolute Gasteiger partial charge is 0.443 e. The van der Waals surface area contributed by atoms with Gasteiger partial charge in [-0.1, -0.05) is 6.58 Å². The number of carbonyl (C=O) groups is 1. The molecule has 6 nitrogen and oxygen atoms in total. The van der Waals surface area contributed by atoms with Gasteiger partial charge in [0.15, 0.2) is 0 Å². The van der Waals surface area contributed by atoms with Crippen molar-refractivity contribution in [2.45, 2.75) is 0 Å². The Kier molecular flexibility index (Phi) is 3.40. The average Bonchev–Trinajstić information content (AvgIpc) is 1.97. The molecule has 66 valence electrons. The summed E-state index contributed by atoms with van der Waals surface area (Å²) in [4.78, 5) is 10.5. The lowest BCUT2D eigenvalue weighted by atomic mass is 10.3. The third-order valence-electron chi connectivity index (χ3n) is 0.720. The van der Waals surface area contributed by atoms with Crippen LogP contribution < -0.4 is 0 Å². The summed E-state index contributed by atoms with van der Waals surface area (Å²) in [6.45, 7) is 2.96. The lowest BCUT2D eigenvalue weighted by molar-refractivity contribution is -0.136. The predicted molar refractivity (Wildman–Crippen MR) is 37.3 cm³/mol. The normalized spacial score (nSPS) is 10.0. The Balaban J connectivity index is 4.08. The fourth-order valence-corrected chi connectivity index (χ4v) is 0.517. The van der Waals surface area contributed by atoms with Gasteiger partial charge in [0.25, 0.3) is 0 Å². The lowest BCUT2D eigenvalue weighted by Gasteiger charge is -1.98. The van der Waals surface area contributed by atoms with Gasteiger partial charge in [0, 0.05) is 0 Å². The summed E-state index contributed by atoms with van der Waals surface area (Å²) >= 11 is 0. The van der Waals surface area contributed by atoms with E-state index in [1.807, 2.05) is 0 Å². The fraction of sp³-hybridized carbons (Fsp3) is 0.200. The van der Waals surface area contributed by atoms with Crippen LogP contribution >= 0.6 is 0 Å². The summed E-state index contributed by atoms with van der Waals surface area (Å²) < 4.78 is 32.1. The molecule has 0 radical (unpaired) electrons. The van der Waals surface area contributed by atoms with Gasteiger partial charge in [-0.25, -0.2) is 4.79 Å². The Morgan fingerprint density at radius 3 is 2.50 bits per heavy atom. The first kappa shape index (κ1) is 10.6. The van der Waals surface area contributed by atoms with Crippen molar-refractivity contribution >= 4 is 16.1 Å². The molecular formula is C5H5NO5S. The number of nitriles is 1. The van der Waals surface area contributed by atoms with E-state index in [4.69, 9.17) is 9.81 Å². The van der Waals surface area contributed by atoms with Gasteiger partial charge >= 0.3 is 16.1 Å². The molecule has 0 spiro atoms. The van der Waals surface area contributed by atoms with Gasteiger partial charge < -0.3 is 4.74 Å². The molecule has 0 atom stereocenters. The maximum Gasteiger partial charge on any atom is 0.349 e. The van der Waals surface area contributed by atoms with Crippen LogP contribution in [0.4, 0.5) is 0 Å². The van der Waals surface area contributed by atoms with E-state index in [9.17, 15) is 13.2 Å². The summed E-state index contributed by atoms with van der Waals surface area (Å²) in [5, 5.41) is 8.07. The second-order valence-electron chi connectivity index (χ2n) is 1.72. The highest BCUT2D eigenvalue weighted by molar-refractivity contribution is 7.85. The van der Waals surface area contributed by atoms with Crippen molar-refractivity contribution in [1.82, 2.24) is 0 Å². The van der Waals surface area contributed by atoms with Crippen molar-refractivity contribution in [3.05, 3.63) is 12.2 Å². The van der Waals surface area contributed by atoms with Crippen molar-refractivity contribution in [2.24, 2.45) is 0 Å². The van der Waals surface area contributed by atoms with Gasteiger partial charge in [0.2, 0.25) is 5.94 Å². The SMILES string of the molecule is C=C(C#N)C(=O)OCS(=O)(=O)O. The molecule has 7 heteroatoms. The van der Waals surface area contributed by atoms with Crippen LogP contribution in [0.15, 0.2) is 12.2 Å². The standard InChI is InChI=1S/C5H5NO5S/c1-4(2-6)5(7)11-3-12(8,9)10/h1,3H2,(H,8,9,10). The van der Waals surface area contributed by atoms with Gasteiger partial charge in [-0.05, 0) is 0 Å². The zero-order valence-electron chi connectivity index (χ0n) is 5.85. The van der Waals surface area contributed by atoms with E-state index in [1.54, 1.807) is 0 Å². The van der Waals surface area contributed by atoms with Gasteiger partial charge in [0.05, 0.1) is 0 Å². The molecule has 0 aliphatic rings. The molecule has 0 heterocycles. The van der Waals surface area contributed by atoms with Crippen LogP contribution in [0.1, 0.15) is 0 Å². The molecule has 0 amide bonds. The summed E-state index contributed by atoms with van der Waals surface area (Å²) in [6, 6.07) is 1.36. The number of nitrogens with zero attached hydrogens (tertiary/aromatic N) is 1. The van der Waals surface area contributed by atoms with E-state index in [1.165, 1.54) is 6.07 Å².